The van der Waals surface area contributed by atoms with Gasteiger partial charge in [-0.3, -0.25) is 5.10 Å². The fourth-order valence-corrected chi connectivity index (χ4v) is 4.97. The number of aromatic amines is 1. The molecule has 3 aromatic rings. The molecule has 0 amide bonds. The van der Waals surface area contributed by atoms with Crippen LogP contribution >= 0.6 is 0 Å². The third kappa shape index (κ3) is 5.68. The molecule has 1 heterocycles. The van der Waals surface area contributed by atoms with Crippen LogP contribution in [0.15, 0.2) is 48.7 Å². The number of aldehydes is 1. The van der Waals surface area contributed by atoms with Crippen LogP contribution < -0.4 is 5.32 Å². The van der Waals surface area contributed by atoms with Crippen LogP contribution in [-0.4, -0.2) is 34.2 Å². The molecule has 3 N–H and O–H groups in total. The molecule has 35 heavy (non-hydrogen) atoms. The van der Waals surface area contributed by atoms with Gasteiger partial charge in [-0.2, -0.15) is 5.10 Å². The van der Waals surface area contributed by atoms with Gasteiger partial charge < -0.3 is 15.2 Å². The molecular formula is C28H33F2N3O2. The number of aliphatic hydroxyl groups is 1. The van der Waals surface area contributed by atoms with Crippen LogP contribution in [0.25, 0.3) is 0 Å². The molecular weight excluding hydrogens is 448 g/mol. The molecule has 0 saturated carbocycles. The Hall–Kier alpha value is -2.90. The number of aliphatic hydroxyl groups excluding tert-OH is 1. The first-order chi connectivity index (χ1) is 16.6. The minimum atomic E-state index is -1.02. The largest absolute Gasteiger partial charge is 0.391 e. The van der Waals surface area contributed by atoms with Crippen molar-refractivity contribution in [3.05, 3.63) is 88.2 Å². The van der Waals surface area contributed by atoms with E-state index >= 15 is 0 Å². The number of halogens is 2. The molecule has 4 rings (SSSR count). The highest BCUT2D eigenvalue weighted by Gasteiger charge is 2.38. The van der Waals surface area contributed by atoms with E-state index in [1.54, 1.807) is 0 Å². The van der Waals surface area contributed by atoms with Gasteiger partial charge in [-0.1, -0.05) is 45.0 Å². The number of aryl methyl sites for hydroxylation is 1. The maximum atomic E-state index is 13.6. The molecule has 186 valence electrons. The second-order valence-electron chi connectivity index (χ2n) is 10.7. The zero-order chi connectivity index (χ0) is 25.2. The van der Waals surface area contributed by atoms with Crippen LogP contribution in [0, 0.1) is 17.6 Å². The summed E-state index contributed by atoms with van der Waals surface area (Å²) < 4.78 is 27.2. The lowest BCUT2D eigenvalue weighted by Gasteiger charge is -2.40. The summed E-state index contributed by atoms with van der Waals surface area (Å²) in [4.78, 5) is 11.8. The lowest BCUT2D eigenvalue weighted by molar-refractivity contribution is -0.114. The van der Waals surface area contributed by atoms with Gasteiger partial charge in [0.05, 0.1) is 12.3 Å². The number of carbonyl (C=O) groups excluding carboxylic acids is 1. The molecule has 5 nitrogen and oxygen atoms in total. The minimum Gasteiger partial charge on any atom is -0.391 e. The van der Waals surface area contributed by atoms with E-state index in [9.17, 15) is 18.7 Å². The summed E-state index contributed by atoms with van der Waals surface area (Å²) >= 11 is 0. The first-order valence-electron chi connectivity index (χ1n) is 12.1. The lowest BCUT2D eigenvalue weighted by Crippen LogP contribution is -2.50. The van der Waals surface area contributed by atoms with Crippen molar-refractivity contribution in [2.24, 2.45) is 5.92 Å². The molecule has 0 saturated heterocycles. The van der Waals surface area contributed by atoms with Crippen molar-refractivity contribution >= 4 is 6.29 Å². The molecule has 0 aliphatic heterocycles. The highest BCUT2D eigenvalue weighted by molar-refractivity contribution is 5.55. The van der Waals surface area contributed by atoms with Crippen molar-refractivity contribution in [3.8, 4) is 0 Å². The van der Waals surface area contributed by atoms with Crippen molar-refractivity contribution in [2.45, 2.75) is 63.5 Å². The molecule has 0 spiro atoms. The number of carbonyl (C=O) groups is 1. The third-order valence-electron chi connectivity index (χ3n) is 7.10. The Balaban J connectivity index is 1.58. The first kappa shape index (κ1) is 25.2. The molecule has 2 aromatic carbocycles. The normalized spacial score (nSPS) is 19.7. The molecule has 1 aliphatic rings. The molecule has 7 heteroatoms. The predicted octanol–water partition coefficient (Wildman–Crippen LogP) is 4.38. The predicted molar refractivity (Wildman–Crippen MR) is 131 cm³/mol. The van der Waals surface area contributed by atoms with Gasteiger partial charge in [-0.05, 0) is 65.5 Å². The second-order valence-corrected chi connectivity index (χ2v) is 10.7. The van der Waals surface area contributed by atoms with Gasteiger partial charge in [-0.15, -0.1) is 0 Å². The highest BCUT2D eigenvalue weighted by Crippen LogP contribution is 2.37. The van der Waals surface area contributed by atoms with Crippen LogP contribution in [0.5, 0.6) is 0 Å². The standard InChI is InChI=1S/C28H33F2N3O2/c1-27(2,3)21-5-4-6-22(12-21)28(8-7-25-20(14-28)15-32-33-25)31-16-26(35)19(17-34)9-18-10-23(29)13-24(30)11-18/h4-6,10-13,15,17,19,26,31,35H,7-9,14,16H2,1-3H3,(H,32,33). The number of H-pyrrole nitrogens is 1. The van der Waals surface area contributed by atoms with E-state index in [1.165, 1.54) is 17.7 Å². The average Bonchev–Trinajstić information content (AvgIpc) is 3.27. The summed E-state index contributed by atoms with van der Waals surface area (Å²) in [5.74, 6) is -2.20. The molecule has 0 fully saturated rings. The topological polar surface area (TPSA) is 78.0 Å². The van der Waals surface area contributed by atoms with Gasteiger partial charge in [0.1, 0.15) is 17.9 Å². The van der Waals surface area contributed by atoms with Crippen molar-refractivity contribution in [1.29, 1.82) is 0 Å². The van der Waals surface area contributed by atoms with Gasteiger partial charge in [-0.25, -0.2) is 8.78 Å². The van der Waals surface area contributed by atoms with Gasteiger partial charge in [0.15, 0.2) is 0 Å². The monoisotopic (exact) mass is 481 g/mol. The van der Waals surface area contributed by atoms with Gasteiger partial charge in [0.2, 0.25) is 0 Å². The number of fused-ring (bicyclic) bond motifs is 1. The van der Waals surface area contributed by atoms with Crippen molar-refractivity contribution < 1.29 is 18.7 Å². The number of hydrogen-bond donors (Lipinski definition) is 3. The van der Waals surface area contributed by atoms with Crippen molar-refractivity contribution in [3.63, 3.8) is 0 Å². The fraction of sp³-hybridized carbons (Fsp3) is 0.429. The van der Waals surface area contributed by atoms with E-state index in [0.29, 0.717) is 18.3 Å². The summed E-state index contributed by atoms with van der Waals surface area (Å²) in [5, 5.41) is 21.8. The molecule has 0 radical (unpaired) electrons. The number of nitrogens with one attached hydrogen (secondary N) is 2. The van der Waals surface area contributed by atoms with Gasteiger partial charge in [0, 0.05) is 29.8 Å². The second kappa shape index (κ2) is 9.99. The number of hydrogen-bond acceptors (Lipinski definition) is 4. The fourth-order valence-electron chi connectivity index (χ4n) is 4.97. The maximum Gasteiger partial charge on any atom is 0.126 e. The minimum absolute atomic E-state index is 0.0188. The Morgan fingerprint density at radius 3 is 2.63 bits per heavy atom. The van der Waals surface area contributed by atoms with E-state index in [-0.39, 0.29) is 18.4 Å². The summed E-state index contributed by atoms with van der Waals surface area (Å²) in [6.07, 6.45) is 3.84. The number of rotatable bonds is 8. The Kier molecular flexibility index (Phi) is 7.20. The Bertz CT molecular complexity index is 1170. The van der Waals surface area contributed by atoms with Gasteiger partial charge >= 0.3 is 0 Å². The molecule has 3 unspecified atom stereocenters. The molecule has 1 aromatic heterocycles. The number of nitrogens with zero attached hydrogens (tertiary/aromatic N) is 1. The Morgan fingerprint density at radius 1 is 1.20 bits per heavy atom. The maximum absolute atomic E-state index is 13.6. The zero-order valence-electron chi connectivity index (χ0n) is 20.4. The smallest absolute Gasteiger partial charge is 0.126 e. The summed E-state index contributed by atoms with van der Waals surface area (Å²) in [6, 6.07) is 11.7. The summed E-state index contributed by atoms with van der Waals surface area (Å²) in [7, 11) is 0. The zero-order valence-corrected chi connectivity index (χ0v) is 20.4. The van der Waals surface area contributed by atoms with Crippen LogP contribution in [0.3, 0.4) is 0 Å². The van der Waals surface area contributed by atoms with E-state index in [1.807, 2.05) is 6.20 Å². The molecule has 1 aliphatic carbocycles. The molecule has 0 bridgehead atoms. The Morgan fingerprint density at radius 2 is 1.94 bits per heavy atom. The quantitative estimate of drug-likeness (QED) is 0.418. The number of aromatic nitrogens is 2. The van der Waals surface area contributed by atoms with Crippen molar-refractivity contribution in [1.82, 2.24) is 15.5 Å². The van der Waals surface area contributed by atoms with Gasteiger partial charge in [0.25, 0.3) is 0 Å². The third-order valence-corrected chi connectivity index (χ3v) is 7.10. The summed E-state index contributed by atoms with van der Waals surface area (Å²) in [6.45, 7) is 6.69. The van der Waals surface area contributed by atoms with Crippen LogP contribution in [-0.2, 0) is 35.0 Å². The summed E-state index contributed by atoms with van der Waals surface area (Å²) in [5.41, 5.74) is 4.46. The lowest BCUT2D eigenvalue weighted by atomic mass is 9.74. The molecule has 3 atom stereocenters. The van der Waals surface area contributed by atoms with E-state index in [0.717, 1.165) is 35.7 Å². The van der Waals surface area contributed by atoms with E-state index in [4.69, 9.17) is 0 Å². The van der Waals surface area contributed by atoms with Crippen LogP contribution in [0.2, 0.25) is 0 Å². The average molecular weight is 482 g/mol. The number of benzene rings is 2. The first-order valence-corrected chi connectivity index (χ1v) is 12.1. The van der Waals surface area contributed by atoms with E-state index < -0.39 is 29.2 Å². The van der Waals surface area contributed by atoms with Crippen LogP contribution in [0.4, 0.5) is 8.78 Å². The van der Waals surface area contributed by atoms with Crippen molar-refractivity contribution in [2.75, 3.05) is 6.54 Å². The van der Waals surface area contributed by atoms with Crippen LogP contribution in [0.1, 0.15) is 55.1 Å². The van der Waals surface area contributed by atoms with E-state index in [2.05, 4.69) is 60.6 Å². The highest BCUT2D eigenvalue weighted by atomic mass is 19.1. The SMILES string of the molecule is CC(C)(C)c1cccc(C2(NCC(O)C(C=O)Cc3cc(F)cc(F)c3)CCc3[nH]ncc3C2)c1. The Labute approximate surface area is 205 Å².